The van der Waals surface area contributed by atoms with Crippen molar-refractivity contribution in [3.05, 3.63) is 60.2 Å². The summed E-state index contributed by atoms with van der Waals surface area (Å²) in [5, 5.41) is 9.02. The van der Waals surface area contributed by atoms with Gasteiger partial charge in [0.2, 0.25) is 0 Å². The van der Waals surface area contributed by atoms with Crippen LogP contribution in [-0.2, 0) is 36.3 Å². The maximum atomic E-state index is 14.8. The maximum Gasteiger partial charge on any atom is 0.383 e. The minimum absolute atomic E-state index is 0.00871. The second-order valence-electron chi connectivity index (χ2n) is 9.73. The van der Waals surface area contributed by atoms with E-state index in [1.807, 2.05) is 0 Å². The molecule has 1 aromatic carbocycles. The first kappa shape index (κ1) is 30.6. The number of hydrogen-bond acceptors (Lipinski definition) is 6. The molecule has 0 aliphatic heterocycles. The zero-order valence-corrected chi connectivity index (χ0v) is 21.8. The van der Waals surface area contributed by atoms with Gasteiger partial charge < -0.3 is 19.3 Å². The molecular weight excluding hydrogens is 482 g/mol. The summed E-state index contributed by atoms with van der Waals surface area (Å²) >= 11 is 0. The molecule has 0 aromatic heterocycles. The molecule has 1 N–H and O–H groups in total. The van der Waals surface area contributed by atoms with Gasteiger partial charge in [0.1, 0.15) is 0 Å². The van der Waals surface area contributed by atoms with E-state index in [-0.39, 0.29) is 36.2 Å². The van der Waals surface area contributed by atoms with Crippen LogP contribution in [-0.4, -0.2) is 43.0 Å². The topological polar surface area (TPSA) is 82.1 Å². The van der Waals surface area contributed by atoms with E-state index in [2.05, 4.69) is 20.1 Å². The Morgan fingerprint density at radius 2 is 1.76 bits per heavy atom. The molecule has 8 heteroatoms. The van der Waals surface area contributed by atoms with Gasteiger partial charge in [0.15, 0.2) is 0 Å². The molecule has 37 heavy (non-hydrogen) atoms. The van der Waals surface area contributed by atoms with E-state index < -0.39 is 30.8 Å². The molecule has 0 heterocycles. The molecule has 1 atom stereocenters. The van der Waals surface area contributed by atoms with Crippen LogP contribution in [0.3, 0.4) is 0 Å². The number of alkyl halides is 2. The summed E-state index contributed by atoms with van der Waals surface area (Å²) < 4.78 is 45.2. The van der Waals surface area contributed by atoms with E-state index in [0.717, 1.165) is 37.3 Å². The molecule has 1 aliphatic rings. The van der Waals surface area contributed by atoms with Crippen molar-refractivity contribution in [1.82, 2.24) is 0 Å². The van der Waals surface area contributed by atoms with E-state index in [1.165, 1.54) is 12.1 Å². The molecule has 0 saturated heterocycles. The fourth-order valence-corrected chi connectivity index (χ4v) is 4.48. The summed E-state index contributed by atoms with van der Waals surface area (Å²) in [6.07, 6.45) is 4.19. The number of halogens is 2. The fraction of sp³-hybridized carbons (Fsp3) is 0.586. The van der Waals surface area contributed by atoms with Gasteiger partial charge in [-0.05, 0) is 56.4 Å². The number of aryl methyl sites for hydroxylation is 1. The Hall–Kier alpha value is -2.58. The van der Waals surface area contributed by atoms with Crippen molar-refractivity contribution >= 4 is 11.9 Å². The molecule has 6 nitrogen and oxygen atoms in total. The van der Waals surface area contributed by atoms with Gasteiger partial charge >= 0.3 is 18.0 Å². The SMILES string of the molecule is C=CC(=O)OCC(COC(=O)C(=C)CO)CC1CCC(OC(F)(F)c2ccc(CCCCC)cc2)CC1. The fourth-order valence-electron chi connectivity index (χ4n) is 4.48. The van der Waals surface area contributed by atoms with E-state index >= 15 is 0 Å². The highest BCUT2D eigenvalue weighted by Crippen LogP contribution is 2.37. The first-order valence-electron chi connectivity index (χ1n) is 13.1. The van der Waals surface area contributed by atoms with Gasteiger partial charge in [-0.3, -0.25) is 0 Å². The summed E-state index contributed by atoms with van der Waals surface area (Å²) in [4.78, 5) is 23.3. The van der Waals surface area contributed by atoms with Crippen molar-refractivity contribution in [1.29, 1.82) is 0 Å². The number of rotatable bonds is 16. The molecule has 0 amide bonds. The third-order valence-electron chi connectivity index (χ3n) is 6.69. The first-order valence-corrected chi connectivity index (χ1v) is 13.1. The number of esters is 2. The van der Waals surface area contributed by atoms with Crippen LogP contribution in [0.2, 0.25) is 0 Å². The second-order valence-corrected chi connectivity index (χ2v) is 9.73. The molecule has 0 radical (unpaired) electrons. The summed E-state index contributed by atoms with van der Waals surface area (Å²) in [6.45, 7) is 8.45. The quantitative estimate of drug-likeness (QED) is 0.166. The first-order chi connectivity index (χ1) is 17.7. The van der Waals surface area contributed by atoms with Crippen molar-refractivity contribution in [2.45, 2.75) is 76.9 Å². The zero-order valence-electron chi connectivity index (χ0n) is 21.8. The Kier molecular flexibility index (Phi) is 12.9. The van der Waals surface area contributed by atoms with Crippen LogP contribution < -0.4 is 0 Å². The van der Waals surface area contributed by atoms with Gasteiger partial charge in [-0.15, -0.1) is 0 Å². The number of aliphatic hydroxyl groups is 1. The second kappa shape index (κ2) is 15.6. The smallest absolute Gasteiger partial charge is 0.383 e. The highest BCUT2D eigenvalue weighted by molar-refractivity contribution is 5.87. The number of hydrogen-bond donors (Lipinski definition) is 1. The Morgan fingerprint density at radius 1 is 1.11 bits per heavy atom. The van der Waals surface area contributed by atoms with Crippen LogP contribution in [0.5, 0.6) is 0 Å². The van der Waals surface area contributed by atoms with Crippen molar-refractivity contribution in [2.75, 3.05) is 19.8 Å². The minimum atomic E-state index is -3.36. The van der Waals surface area contributed by atoms with Crippen LogP contribution in [0.25, 0.3) is 0 Å². The van der Waals surface area contributed by atoms with E-state index in [0.29, 0.717) is 32.1 Å². The van der Waals surface area contributed by atoms with Gasteiger partial charge in [0.25, 0.3) is 0 Å². The molecule has 1 saturated carbocycles. The predicted octanol–water partition coefficient (Wildman–Crippen LogP) is 5.87. The lowest BCUT2D eigenvalue weighted by Gasteiger charge is -2.32. The van der Waals surface area contributed by atoms with Crippen LogP contribution in [0.1, 0.15) is 69.4 Å². The van der Waals surface area contributed by atoms with Crippen molar-refractivity contribution in [3.8, 4) is 0 Å². The summed E-state index contributed by atoms with van der Waals surface area (Å²) in [6, 6.07) is 6.41. The number of carbonyl (C=O) groups is 2. The Labute approximate surface area is 218 Å². The normalized spacial score (nSPS) is 18.6. The number of carbonyl (C=O) groups excluding carboxylic acids is 2. The Morgan fingerprint density at radius 3 is 2.35 bits per heavy atom. The van der Waals surface area contributed by atoms with E-state index in [4.69, 9.17) is 19.3 Å². The Bertz CT molecular complexity index is 875. The number of ether oxygens (including phenoxy) is 3. The number of benzene rings is 1. The predicted molar refractivity (Wildman–Crippen MR) is 137 cm³/mol. The maximum absolute atomic E-state index is 14.8. The van der Waals surface area contributed by atoms with Gasteiger partial charge in [-0.1, -0.05) is 57.2 Å². The summed E-state index contributed by atoms with van der Waals surface area (Å²) in [5.41, 5.74) is 0.851. The van der Waals surface area contributed by atoms with E-state index in [9.17, 15) is 18.4 Å². The summed E-state index contributed by atoms with van der Waals surface area (Å²) in [5.74, 6) is -1.39. The molecule has 1 aliphatic carbocycles. The van der Waals surface area contributed by atoms with Crippen LogP contribution in [0, 0.1) is 11.8 Å². The zero-order chi connectivity index (χ0) is 27.3. The third kappa shape index (κ3) is 10.7. The standard InChI is InChI=1S/C29H40F2O6/c1-4-6-7-8-22-9-13-25(14-10-22)29(30,31)37-26-15-11-23(12-16-26)17-24(19-35-27(33)5-2)20-36-28(34)21(3)18-32/h5,9-10,13-14,23-24,26,32H,2-4,6-8,11-12,15-20H2,1H3. The highest BCUT2D eigenvalue weighted by atomic mass is 19.3. The van der Waals surface area contributed by atoms with Gasteiger partial charge in [-0.2, -0.15) is 8.78 Å². The average molecular weight is 523 g/mol. The van der Waals surface area contributed by atoms with Gasteiger partial charge in [-0.25, -0.2) is 9.59 Å². The Balaban J connectivity index is 1.86. The molecule has 2 rings (SSSR count). The molecule has 0 bridgehead atoms. The lowest BCUT2D eigenvalue weighted by Crippen LogP contribution is -2.31. The van der Waals surface area contributed by atoms with E-state index in [1.54, 1.807) is 12.1 Å². The number of unbranched alkanes of at least 4 members (excludes halogenated alkanes) is 2. The van der Waals surface area contributed by atoms with Crippen LogP contribution >= 0.6 is 0 Å². The number of aliphatic hydroxyl groups excluding tert-OH is 1. The average Bonchev–Trinajstić information content (AvgIpc) is 2.90. The summed E-state index contributed by atoms with van der Waals surface area (Å²) in [7, 11) is 0. The van der Waals surface area contributed by atoms with Crippen LogP contribution in [0.15, 0.2) is 49.1 Å². The van der Waals surface area contributed by atoms with Gasteiger partial charge in [0, 0.05) is 12.0 Å². The lowest BCUT2D eigenvalue weighted by atomic mass is 9.82. The molecule has 206 valence electrons. The molecule has 1 fully saturated rings. The van der Waals surface area contributed by atoms with Crippen molar-refractivity contribution in [3.63, 3.8) is 0 Å². The van der Waals surface area contributed by atoms with Crippen LogP contribution in [0.4, 0.5) is 8.78 Å². The van der Waals surface area contributed by atoms with Crippen molar-refractivity contribution in [2.24, 2.45) is 11.8 Å². The molecule has 1 aromatic rings. The monoisotopic (exact) mass is 522 g/mol. The minimum Gasteiger partial charge on any atom is -0.462 e. The van der Waals surface area contributed by atoms with Crippen molar-refractivity contribution < 1.29 is 37.7 Å². The largest absolute Gasteiger partial charge is 0.462 e. The van der Waals surface area contributed by atoms with Gasteiger partial charge in [0.05, 0.1) is 37.1 Å². The molecule has 0 spiro atoms. The highest BCUT2D eigenvalue weighted by Gasteiger charge is 2.37. The third-order valence-corrected chi connectivity index (χ3v) is 6.69. The molecular formula is C29H40F2O6. The molecule has 1 unspecified atom stereocenters. The lowest BCUT2D eigenvalue weighted by molar-refractivity contribution is -0.278.